The maximum absolute atomic E-state index is 8.95. The highest BCUT2D eigenvalue weighted by Gasteiger charge is 2.32. The van der Waals surface area contributed by atoms with E-state index in [1.54, 1.807) is 0 Å². The van der Waals surface area contributed by atoms with Crippen molar-refractivity contribution in [2.75, 3.05) is 6.61 Å². The van der Waals surface area contributed by atoms with E-state index in [9.17, 15) is 0 Å². The third-order valence-corrected chi connectivity index (χ3v) is 3.22. The highest BCUT2D eigenvalue weighted by atomic mass is 16.3. The van der Waals surface area contributed by atoms with Gasteiger partial charge < -0.3 is 10.4 Å². The van der Waals surface area contributed by atoms with Crippen LogP contribution in [0.4, 0.5) is 0 Å². The molecule has 1 aliphatic heterocycles. The summed E-state index contributed by atoms with van der Waals surface area (Å²) in [7, 11) is 0. The molecule has 1 saturated carbocycles. The minimum Gasteiger partial charge on any atom is -0.395 e. The van der Waals surface area contributed by atoms with Crippen molar-refractivity contribution in [3.63, 3.8) is 0 Å². The minimum absolute atomic E-state index is 0.323. The van der Waals surface area contributed by atoms with E-state index in [0.29, 0.717) is 12.6 Å². The average molecular weight is 155 g/mol. The van der Waals surface area contributed by atoms with Crippen molar-refractivity contribution in [2.45, 2.75) is 44.2 Å². The van der Waals surface area contributed by atoms with E-state index in [-0.39, 0.29) is 0 Å². The first-order chi connectivity index (χ1) is 5.40. The summed E-state index contributed by atoms with van der Waals surface area (Å²) in [5, 5.41) is 12.5. The number of piperidine rings is 1. The molecule has 0 amide bonds. The summed E-state index contributed by atoms with van der Waals surface area (Å²) in [5.41, 5.74) is 0. The van der Waals surface area contributed by atoms with Gasteiger partial charge in [-0.15, -0.1) is 0 Å². The molecule has 1 aliphatic carbocycles. The molecule has 1 heterocycles. The Balaban J connectivity index is 1.91. The van der Waals surface area contributed by atoms with Crippen LogP contribution in [0.5, 0.6) is 0 Å². The Morgan fingerprint density at radius 3 is 2.91 bits per heavy atom. The average Bonchev–Trinajstić information content (AvgIpc) is 2.50. The maximum Gasteiger partial charge on any atom is 0.0584 e. The second-order valence-electron chi connectivity index (χ2n) is 3.92. The molecule has 1 saturated heterocycles. The second-order valence-corrected chi connectivity index (χ2v) is 3.92. The molecule has 2 nitrogen and oxygen atoms in total. The number of rotatable bonds is 1. The largest absolute Gasteiger partial charge is 0.395 e. The second kappa shape index (κ2) is 3.11. The molecule has 3 atom stereocenters. The Kier molecular flexibility index (Phi) is 2.14. The van der Waals surface area contributed by atoms with E-state index in [0.717, 1.165) is 12.0 Å². The van der Waals surface area contributed by atoms with E-state index in [1.807, 2.05) is 0 Å². The van der Waals surface area contributed by atoms with Gasteiger partial charge in [0.05, 0.1) is 6.61 Å². The molecule has 2 rings (SSSR count). The predicted octanol–water partition coefficient (Wildman–Crippen LogP) is 0.899. The van der Waals surface area contributed by atoms with E-state index in [2.05, 4.69) is 5.32 Å². The lowest BCUT2D eigenvalue weighted by Gasteiger charge is -2.32. The van der Waals surface area contributed by atoms with Crippen LogP contribution in [-0.2, 0) is 0 Å². The summed E-state index contributed by atoms with van der Waals surface area (Å²) < 4.78 is 0. The Labute approximate surface area is 68.0 Å². The van der Waals surface area contributed by atoms with Crippen LogP contribution in [0, 0.1) is 5.92 Å². The van der Waals surface area contributed by atoms with Crippen LogP contribution in [0.1, 0.15) is 32.1 Å². The summed E-state index contributed by atoms with van der Waals surface area (Å²) >= 11 is 0. The van der Waals surface area contributed by atoms with Gasteiger partial charge in [-0.3, -0.25) is 0 Å². The molecule has 0 aromatic carbocycles. The molecule has 0 aromatic rings. The summed E-state index contributed by atoms with van der Waals surface area (Å²) in [4.78, 5) is 0. The van der Waals surface area contributed by atoms with Gasteiger partial charge in [0.1, 0.15) is 0 Å². The van der Waals surface area contributed by atoms with Crippen LogP contribution < -0.4 is 5.32 Å². The number of hydrogen-bond acceptors (Lipinski definition) is 2. The fraction of sp³-hybridized carbons (Fsp3) is 1.00. The van der Waals surface area contributed by atoms with E-state index < -0.39 is 0 Å². The van der Waals surface area contributed by atoms with Gasteiger partial charge >= 0.3 is 0 Å². The molecule has 0 aromatic heterocycles. The van der Waals surface area contributed by atoms with Crippen LogP contribution >= 0.6 is 0 Å². The Bertz CT molecular complexity index is 138. The summed E-state index contributed by atoms with van der Waals surface area (Å²) in [6.07, 6.45) is 6.65. The first-order valence-electron chi connectivity index (χ1n) is 4.77. The lowest BCUT2D eigenvalue weighted by Crippen LogP contribution is -2.46. The third-order valence-electron chi connectivity index (χ3n) is 3.22. The predicted molar refractivity (Wildman–Crippen MR) is 44.4 cm³/mol. The van der Waals surface area contributed by atoms with Gasteiger partial charge in [-0.05, 0) is 31.6 Å². The highest BCUT2D eigenvalue weighted by molar-refractivity contribution is 4.90. The van der Waals surface area contributed by atoms with Gasteiger partial charge in [0.2, 0.25) is 0 Å². The summed E-state index contributed by atoms with van der Waals surface area (Å²) in [6.45, 7) is 0.323. The van der Waals surface area contributed by atoms with Crippen molar-refractivity contribution in [3.05, 3.63) is 0 Å². The van der Waals surface area contributed by atoms with Crippen molar-refractivity contribution in [1.82, 2.24) is 5.32 Å². The first-order valence-corrected chi connectivity index (χ1v) is 4.77. The van der Waals surface area contributed by atoms with Crippen LogP contribution in [0.3, 0.4) is 0 Å². The van der Waals surface area contributed by atoms with Crippen molar-refractivity contribution >= 4 is 0 Å². The fourth-order valence-corrected chi connectivity index (χ4v) is 2.55. The van der Waals surface area contributed by atoms with Crippen molar-refractivity contribution in [1.29, 1.82) is 0 Å². The number of nitrogens with one attached hydrogen (secondary N) is 1. The van der Waals surface area contributed by atoms with Gasteiger partial charge in [-0.2, -0.15) is 0 Å². The first kappa shape index (κ1) is 7.56. The number of hydrogen-bond donors (Lipinski definition) is 2. The molecule has 11 heavy (non-hydrogen) atoms. The van der Waals surface area contributed by atoms with Crippen LogP contribution in [0.2, 0.25) is 0 Å². The molecule has 2 aliphatic rings. The van der Waals surface area contributed by atoms with Crippen LogP contribution in [-0.4, -0.2) is 23.8 Å². The standard InChI is InChI=1S/C9H17NO/c11-6-8-5-4-7-2-1-3-9(7)10-8/h7-11H,1-6H2. The number of aliphatic hydroxyl groups excluding tert-OH is 1. The highest BCUT2D eigenvalue weighted by Crippen LogP contribution is 2.33. The smallest absolute Gasteiger partial charge is 0.0584 e. The lowest BCUT2D eigenvalue weighted by molar-refractivity contribution is 0.175. The SMILES string of the molecule is OCC1CCC2CCCC2N1. The third kappa shape index (κ3) is 1.42. The molecule has 0 spiro atoms. The molecule has 3 unspecified atom stereocenters. The zero-order valence-electron chi connectivity index (χ0n) is 6.92. The number of fused-ring (bicyclic) bond motifs is 1. The van der Waals surface area contributed by atoms with Crippen molar-refractivity contribution in [2.24, 2.45) is 5.92 Å². The molecular formula is C9H17NO. The van der Waals surface area contributed by atoms with E-state index >= 15 is 0 Å². The van der Waals surface area contributed by atoms with E-state index in [4.69, 9.17) is 5.11 Å². The quantitative estimate of drug-likeness (QED) is 0.589. The van der Waals surface area contributed by atoms with Crippen molar-refractivity contribution < 1.29 is 5.11 Å². The zero-order chi connectivity index (χ0) is 7.68. The van der Waals surface area contributed by atoms with E-state index in [1.165, 1.54) is 32.1 Å². The fourth-order valence-electron chi connectivity index (χ4n) is 2.55. The van der Waals surface area contributed by atoms with Gasteiger partial charge in [-0.25, -0.2) is 0 Å². The topological polar surface area (TPSA) is 32.3 Å². The summed E-state index contributed by atoms with van der Waals surface area (Å²) in [5.74, 6) is 0.929. The minimum atomic E-state index is 0.323. The lowest BCUT2D eigenvalue weighted by atomic mass is 9.90. The van der Waals surface area contributed by atoms with Crippen LogP contribution in [0.25, 0.3) is 0 Å². The molecule has 0 bridgehead atoms. The molecule has 64 valence electrons. The maximum atomic E-state index is 8.95. The molecule has 0 radical (unpaired) electrons. The normalized spacial score (nSPS) is 43.9. The van der Waals surface area contributed by atoms with Crippen LogP contribution in [0.15, 0.2) is 0 Å². The zero-order valence-corrected chi connectivity index (χ0v) is 6.92. The van der Waals surface area contributed by atoms with Gasteiger partial charge in [0.25, 0.3) is 0 Å². The Hall–Kier alpha value is -0.0800. The Morgan fingerprint density at radius 2 is 2.09 bits per heavy atom. The van der Waals surface area contributed by atoms with Gasteiger partial charge in [0.15, 0.2) is 0 Å². The monoisotopic (exact) mass is 155 g/mol. The molecular weight excluding hydrogens is 138 g/mol. The summed E-state index contributed by atoms with van der Waals surface area (Å²) in [6, 6.07) is 1.13. The van der Waals surface area contributed by atoms with Crippen molar-refractivity contribution in [3.8, 4) is 0 Å². The Morgan fingerprint density at radius 1 is 1.18 bits per heavy atom. The van der Waals surface area contributed by atoms with Gasteiger partial charge in [-0.1, -0.05) is 6.42 Å². The molecule has 2 fully saturated rings. The van der Waals surface area contributed by atoms with Gasteiger partial charge in [0, 0.05) is 12.1 Å². The number of aliphatic hydroxyl groups is 1. The molecule has 2 N–H and O–H groups in total. The molecule has 2 heteroatoms.